The molecule has 0 unspecified atom stereocenters. The molecule has 2 aromatic rings. The molecule has 0 atom stereocenters. The van der Waals surface area contributed by atoms with Crippen LogP contribution in [0.5, 0.6) is 0 Å². The first-order valence-electron chi connectivity index (χ1n) is 6.30. The molecule has 0 aliphatic heterocycles. The Morgan fingerprint density at radius 3 is 2.42 bits per heavy atom. The van der Waals surface area contributed by atoms with Crippen LogP contribution in [0.25, 0.3) is 0 Å². The number of aliphatic hydroxyl groups excluding tert-OH is 2. The van der Waals surface area contributed by atoms with E-state index in [2.05, 4.69) is 4.98 Å². The predicted molar refractivity (Wildman–Crippen MR) is 74.7 cm³/mol. The second-order valence-electron chi connectivity index (χ2n) is 4.28. The number of aromatic nitrogens is 1. The largest absolute Gasteiger partial charge is 0.395 e. The molecular weight excluding hydrogens is 240 g/mol. The lowest BCUT2D eigenvalue weighted by Gasteiger charge is -2.23. The van der Waals surface area contributed by atoms with Crippen molar-refractivity contribution in [3.05, 3.63) is 59.8 Å². The number of hydrogen-bond donors (Lipinski definition) is 2. The van der Waals surface area contributed by atoms with Crippen LogP contribution in [0.3, 0.4) is 0 Å². The number of anilines is 1. The van der Waals surface area contributed by atoms with Crippen molar-refractivity contribution in [3.8, 4) is 0 Å². The molecule has 0 fully saturated rings. The van der Waals surface area contributed by atoms with Gasteiger partial charge < -0.3 is 15.1 Å². The normalized spacial score (nSPS) is 10.4. The van der Waals surface area contributed by atoms with Crippen molar-refractivity contribution in [2.24, 2.45) is 0 Å². The van der Waals surface area contributed by atoms with Crippen molar-refractivity contribution in [2.45, 2.75) is 13.2 Å². The van der Waals surface area contributed by atoms with Crippen molar-refractivity contribution in [1.82, 2.24) is 4.98 Å². The van der Waals surface area contributed by atoms with Crippen molar-refractivity contribution in [1.29, 1.82) is 0 Å². The fraction of sp³-hybridized carbons (Fsp3) is 0.267. The molecule has 0 amide bonds. The molecule has 4 heteroatoms. The Bertz CT molecular complexity index is 503. The smallest absolute Gasteiger partial charge is 0.129 e. The second kappa shape index (κ2) is 6.87. The van der Waals surface area contributed by atoms with Crippen LogP contribution in [0, 0.1) is 0 Å². The van der Waals surface area contributed by atoms with Gasteiger partial charge in [-0.05, 0) is 17.7 Å². The molecule has 0 bridgehead atoms. The van der Waals surface area contributed by atoms with Gasteiger partial charge in [0, 0.05) is 13.1 Å². The summed E-state index contributed by atoms with van der Waals surface area (Å²) in [6.45, 7) is 1.18. The molecule has 0 aliphatic carbocycles. The minimum Gasteiger partial charge on any atom is -0.395 e. The van der Waals surface area contributed by atoms with Gasteiger partial charge in [0.25, 0.3) is 0 Å². The zero-order valence-corrected chi connectivity index (χ0v) is 10.7. The quantitative estimate of drug-likeness (QED) is 0.826. The minimum atomic E-state index is -0.0772. The van der Waals surface area contributed by atoms with Crippen LogP contribution in [0.4, 0.5) is 5.82 Å². The number of pyridine rings is 1. The average molecular weight is 258 g/mol. The highest BCUT2D eigenvalue weighted by Crippen LogP contribution is 2.15. The molecule has 100 valence electrons. The van der Waals surface area contributed by atoms with Gasteiger partial charge in [0.2, 0.25) is 0 Å². The summed E-state index contributed by atoms with van der Waals surface area (Å²) in [5.74, 6) is 0.768. The SMILES string of the molecule is OCCN(Cc1ccccc1)c1cccc(CO)n1. The maximum Gasteiger partial charge on any atom is 0.129 e. The highest BCUT2D eigenvalue weighted by molar-refractivity contribution is 5.40. The molecule has 0 radical (unpaired) electrons. The Labute approximate surface area is 113 Å². The van der Waals surface area contributed by atoms with E-state index in [9.17, 15) is 5.11 Å². The van der Waals surface area contributed by atoms with Gasteiger partial charge in [0.1, 0.15) is 5.82 Å². The minimum absolute atomic E-state index is 0.0673. The second-order valence-corrected chi connectivity index (χ2v) is 4.28. The lowest BCUT2D eigenvalue weighted by molar-refractivity contribution is 0.276. The zero-order chi connectivity index (χ0) is 13.5. The molecule has 0 saturated heterocycles. The Morgan fingerprint density at radius 1 is 0.947 bits per heavy atom. The summed E-state index contributed by atoms with van der Waals surface area (Å²) >= 11 is 0. The number of benzene rings is 1. The van der Waals surface area contributed by atoms with Crippen molar-refractivity contribution in [2.75, 3.05) is 18.1 Å². The van der Waals surface area contributed by atoms with Crippen LogP contribution in [0.2, 0.25) is 0 Å². The first-order valence-corrected chi connectivity index (χ1v) is 6.30. The van der Waals surface area contributed by atoms with E-state index in [1.54, 1.807) is 6.07 Å². The highest BCUT2D eigenvalue weighted by atomic mass is 16.3. The third-order valence-corrected chi connectivity index (χ3v) is 2.86. The van der Waals surface area contributed by atoms with Crippen LogP contribution in [0.15, 0.2) is 48.5 Å². The van der Waals surface area contributed by atoms with E-state index >= 15 is 0 Å². The van der Waals surface area contributed by atoms with Crippen molar-refractivity contribution in [3.63, 3.8) is 0 Å². The van der Waals surface area contributed by atoms with E-state index in [0.29, 0.717) is 18.8 Å². The van der Waals surface area contributed by atoms with E-state index in [1.807, 2.05) is 47.4 Å². The molecule has 4 nitrogen and oxygen atoms in total. The third-order valence-electron chi connectivity index (χ3n) is 2.86. The van der Waals surface area contributed by atoms with Gasteiger partial charge >= 0.3 is 0 Å². The van der Waals surface area contributed by atoms with Gasteiger partial charge in [-0.3, -0.25) is 0 Å². The Morgan fingerprint density at radius 2 is 1.74 bits per heavy atom. The van der Waals surface area contributed by atoms with Crippen LogP contribution in [-0.2, 0) is 13.2 Å². The molecule has 1 heterocycles. The van der Waals surface area contributed by atoms with E-state index in [0.717, 1.165) is 11.4 Å². The summed E-state index contributed by atoms with van der Waals surface area (Å²) in [6, 6.07) is 15.6. The van der Waals surface area contributed by atoms with E-state index in [1.165, 1.54) is 0 Å². The van der Waals surface area contributed by atoms with Crippen molar-refractivity contribution < 1.29 is 10.2 Å². The topological polar surface area (TPSA) is 56.6 Å². The fourth-order valence-electron chi connectivity index (χ4n) is 1.93. The number of hydrogen-bond acceptors (Lipinski definition) is 4. The monoisotopic (exact) mass is 258 g/mol. The molecule has 1 aromatic carbocycles. The van der Waals surface area contributed by atoms with Gasteiger partial charge in [-0.2, -0.15) is 0 Å². The molecule has 0 aliphatic rings. The molecule has 1 aromatic heterocycles. The maximum atomic E-state index is 9.18. The summed E-state index contributed by atoms with van der Waals surface area (Å²) in [6.07, 6.45) is 0. The van der Waals surface area contributed by atoms with Gasteiger partial charge in [-0.25, -0.2) is 4.98 Å². The highest BCUT2D eigenvalue weighted by Gasteiger charge is 2.08. The van der Waals surface area contributed by atoms with Crippen LogP contribution >= 0.6 is 0 Å². The van der Waals surface area contributed by atoms with Gasteiger partial charge in [-0.15, -0.1) is 0 Å². The lowest BCUT2D eigenvalue weighted by Crippen LogP contribution is -2.27. The maximum absolute atomic E-state index is 9.18. The number of nitrogens with zero attached hydrogens (tertiary/aromatic N) is 2. The molecule has 0 saturated carbocycles. The Balaban J connectivity index is 2.19. The number of rotatable bonds is 6. The first-order chi connectivity index (χ1) is 9.33. The summed E-state index contributed by atoms with van der Waals surface area (Å²) in [5, 5.41) is 18.3. The van der Waals surface area contributed by atoms with E-state index in [4.69, 9.17) is 5.11 Å². The van der Waals surface area contributed by atoms with Crippen LogP contribution in [-0.4, -0.2) is 28.3 Å². The molecular formula is C15H18N2O2. The summed E-state index contributed by atoms with van der Waals surface area (Å²) in [5.41, 5.74) is 1.79. The number of aliphatic hydroxyl groups is 2. The first kappa shape index (κ1) is 13.5. The molecule has 2 rings (SSSR count). The Kier molecular flexibility index (Phi) is 4.89. The lowest BCUT2D eigenvalue weighted by atomic mass is 10.2. The molecule has 2 N–H and O–H groups in total. The van der Waals surface area contributed by atoms with E-state index < -0.39 is 0 Å². The standard InChI is InChI=1S/C15H18N2O2/c18-10-9-17(11-13-5-2-1-3-6-13)15-8-4-7-14(12-19)16-15/h1-8,18-19H,9-12H2. The van der Waals surface area contributed by atoms with Crippen LogP contribution in [0.1, 0.15) is 11.3 Å². The zero-order valence-electron chi connectivity index (χ0n) is 10.7. The van der Waals surface area contributed by atoms with Crippen LogP contribution < -0.4 is 4.90 Å². The summed E-state index contributed by atoms with van der Waals surface area (Å²) in [7, 11) is 0. The van der Waals surface area contributed by atoms with Gasteiger partial charge in [0.05, 0.1) is 18.9 Å². The van der Waals surface area contributed by atoms with E-state index in [-0.39, 0.29) is 13.2 Å². The Hall–Kier alpha value is -1.91. The predicted octanol–water partition coefficient (Wildman–Crippen LogP) is 1.57. The summed E-state index contributed by atoms with van der Waals surface area (Å²) in [4.78, 5) is 6.37. The molecule has 0 spiro atoms. The van der Waals surface area contributed by atoms with Gasteiger partial charge in [-0.1, -0.05) is 36.4 Å². The third kappa shape index (κ3) is 3.77. The fourth-order valence-corrected chi connectivity index (χ4v) is 1.93. The van der Waals surface area contributed by atoms with Gasteiger partial charge in [0.15, 0.2) is 0 Å². The summed E-state index contributed by atoms with van der Waals surface area (Å²) < 4.78 is 0. The van der Waals surface area contributed by atoms with Crippen molar-refractivity contribution >= 4 is 5.82 Å². The molecule has 19 heavy (non-hydrogen) atoms. The average Bonchev–Trinajstić information content (AvgIpc) is 2.48.